The largest absolute Gasteiger partial charge is 0.326 e. The Labute approximate surface area is 126 Å². The van der Waals surface area contributed by atoms with Crippen molar-refractivity contribution in [3.63, 3.8) is 0 Å². The van der Waals surface area contributed by atoms with E-state index in [1.807, 2.05) is 24.3 Å². The minimum absolute atomic E-state index is 0.100. The SMILES string of the molecule is CCc1cccc(NC(=O)C2CCCN(S(C)(=O)=O)C2)c1. The van der Waals surface area contributed by atoms with Crippen LogP contribution in [0.25, 0.3) is 0 Å². The molecular formula is C15H22N2O3S. The Morgan fingerprint density at radius 3 is 2.86 bits per heavy atom. The lowest BCUT2D eigenvalue weighted by Crippen LogP contribution is -2.43. The molecule has 1 heterocycles. The van der Waals surface area contributed by atoms with Gasteiger partial charge in [-0.15, -0.1) is 0 Å². The van der Waals surface area contributed by atoms with Crippen molar-refractivity contribution < 1.29 is 13.2 Å². The molecule has 21 heavy (non-hydrogen) atoms. The number of amides is 1. The lowest BCUT2D eigenvalue weighted by atomic mass is 9.98. The van der Waals surface area contributed by atoms with E-state index >= 15 is 0 Å². The highest BCUT2D eigenvalue weighted by Gasteiger charge is 2.30. The van der Waals surface area contributed by atoms with Crippen LogP contribution in [0.1, 0.15) is 25.3 Å². The average molecular weight is 310 g/mol. The third-order valence-corrected chi connectivity index (χ3v) is 5.10. The predicted molar refractivity (Wildman–Crippen MR) is 83.6 cm³/mol. The van der Waals surface area contributed by atoms with Gasteiger partial charge in [-0.25, -0.2) is 12.7 Å². The van der Waals surface area contributed by atoms with E-state index in [9.17, 15) is 13.2 Å². The second-order valence-corrected chi connectivity index (χ2v) is 7.49. The summed E-state index contributed by atoms with van der Waals surface area (Å²) in [5, 5.41) is 2.90. The number of hydrogen-bond donors (Lipinski definition) is 1. The number of hydrogen-bond acceptors (Lipinski definition) is 3. The van der Waals surface area contributed by atoms with Gasteiger partial charge >= 0.3 is 0 Å². The van der Waals surface area contributed by atoms with Gasteiger partial charge in [0.1, 0.15) is 0 Å². The monoisotopic (exact) mass is 310 g/mol. The minimum Gasteiger partial charge on any atom is -0.326 e. The fourth-order valence-electron chi connectivity index (χ4n) is 2.57. The number of carbonyl (C=O) groups is 1. The molecule has 1 amide bonds. The Morgan fingerprint density at radius 2 is 2.19 bits per heavy atom. The van der Waals surface area contributed by atoms with E-state index < -0.39 is 10.0 Å². The van der Waals surface area contributed by atoms with Crippen molar-refractivity contribution in [2.24, 2.45) is 5.92 Å². The summed E-state index contributed by atoms with van der Waals surface area (Å²) in [5.74, 6) is -0.379. The molecule has 0 spiro atoms. The number of nitrogens with zero attached hydrogens (tertiary/aromatic N) is 1. The quantitative estimate of drug-likeness (QED) is 0.923. The molecule has 0 saturated carbocycles. The number of anilines is 1. The predicted octanol–water partition coefficient (Wildman–Crippen LogP) is 1.86. The van der Waals surface area contributed by atoms with Crippen LogP contribution >= 0.6 is 0 Å². The third-order valence-electron chi connectivity index (χ3n) is 3.83. The lowest BCUT2D eigenvalue weighted by Gasteiger charge is -2.30. The van der Waals surface area contributed by atoms with E-state index in [-0.39, 0.29) is 18.4 Å². The van der Waals surface area contributed by atoms with Gasteiger partial charge in [-0.1, -0.05) is 19.1 Å². The van der Waals surface area contributed by atoms with E-state index in [1.165, 1.54) is 10.6 Å². The summed E-state index contributed by atoms with van der Waals surface area (Å²) in [6, 6.07) is 7.74. The Bertz CT molecular complexity index is 613. The molecule has 0 bridgehead atoms. The molecular weight excluding hydrogens is 288 g/mol. The first-order valence-corrected chi connectivity index (χ1v) is 9.10. The summed E-state index contributed by atoms with van der Waals surface area (Å²) in [7, 11) is -3.22. The molecule has 116 valence electrons. The first-order chi connectivity index (χ1) is 9.90. The number of benzene rings is 1. The number of aryl methyl sites for hydroxylation is 1. The molecule has 0 aromatic heterocycles. The van der Waals surface area contributed by atoms with Gasteiger partial charge in [-0.3, -0.25) is 4.79 Å². The molecule has 0 aliphatic carbocycles. The zero-order valence-corrected chi connectivity index (χ0v) is 13.3. The highest BCUT2D eigenvalue weighted by Crippen LogP contribution is 2.21. The minimum atomic E-state index is -3.22. The summed E-state index contributed by atoms with van der Waals surface area (Å²) >= 11 is 0. The fourth-order valence-corrected chi connectivity index (χ4v) is 3.48. The zero-order chi connectivity index (χ0) is 15.5. The van der Waals surface area contributed by atoms with Crippen LogP contribution in [0.5, 0.6) is 0 Å². The topological polar surface area (TPSA) is 66.5 Å². The van der Waals surface area contributed by atoms with Crippen molar-refractivity contribution in [3.8, 4) is 0 Å². The second kappa shape index (κ2) is 6.58. The number of rotatable bonds is 4. The van der Waals surface area contributed by atoms with Crippen molar-refractivity contribution >= 4 is 21.6 Å². The van der Waals surface area contributed by atoms with Crippen molar-refractivity contribution in [2.45, 2.75) is 26.2 Å². The molecule has 1 fully saturated rings. The van der Waals surface area contributed by atoms with Crippen molar-refractivity contribution in [1.29, 1.82) is 0 Å². The normalized spacial score (nSPS) is 20.2. The average Bonchev–Trinajstić information content (AvgIpc) is 2.46. The third kappa shape index (κ3) is 4.28. The van der Waals surface area contributed by atoms with E-state index in [0.29, 0.717) is 6.54 Å². The molecule has 1 aromatic carbocycles. The zero-order valence-electron chi connectivity index (χ0n) is 12.5. The van der Waals surface area contributed by atoms with Crippen LogP contribution in [0.15, 0.2) is 24.3 Å². The first-order valence-electron chi connectivity index (χ1n) is 7.25. The second-order valence-electron chi connectivity index (χ2n) is 5.50. The van der Waals surface area contributed by atoms with Crippen LogP contribution in [0.2, 0.25) is 0 Å². The van der Waals surface area contributed by atoms with Crippen LogP contribution < -0.4 is 5.32 Å². The van der Waals surface area contributed by atoms with Crippen LogP contribution in [-0.2, 0) is 21.2 Å². The summed E-state index contributed by atoms with van der Waals surface area (Å²) in [4.78, 5) is 12.3. The Hall–Kier alpha value is -1.40. The highest BCUT2D eigenvalue weighted by molar-refractivity contribution is 7.88. The Kier molecular flexibility index (Phi) is 5.00. The molecule has 1 saturated heterocycles. The van der Waals surface area contributed by atoms with Crippen molar-refractivity contribution in [2.75, 3.05) is 24.7 Å². The molecule has 1 unspecified atom stereocenters. The molecule has 0 radical (unpaired) electrons. The standard InChI is InChI=1S/C15H22N2O3S/c1-3-12-6-4-8-14(10-12)16-15(18)13-7-5-9-17(11-13)21(2,19)20/h4,6,8,10,13H,3,5,7,9,11H2,1-2H3,(H,16,18). The molecule has 1 aliphatic heterocycles. The molecule has 1 N–H and O–H groups in total. The van der Waals surface area contributed by atoms with E-state index in [1.54, 1.807) is 0 Å². The number of piperidine rings is 1. The Balaban J connectivity index is 2.02. The van der Waals surface area contributed by atoms with Crippen LogP contribution in [0.3, 0.4) is 0 Å². The van der Waals surface area contributed by atoms with Gasteiger partial charge in [0.05, 0.1) is 12.2 Å². The van der Waals surface area contributed by atoms with Crippen LogP contribution in [0.4, 0.5) is 5.69 Å². The van der Waals surface area contributed by atoms with Gasteiger partial charge in [0.2, 0.25) is 15.9 Å². The Morgan fingerprint density at radius 1 is 1.43 bits per heavy atom. The van der Waals surface area contributed by atoms with Gasteiger partial charge in [0, 0.05) is 18.8 Å². The maximum absolute atomic E-state index is 12.3. The van der Waals surface area contributed by atoms with E-state index in [4.69, 9.17) is 0 Å². The molecule has 1 aliphatic rings. The number of sulfonamides is 1. The number of nitrogens with one attached hydrogen (secondary N) is 1. The van der Waals surface area contributed by atoms with Gasteiger partial charge < -0.3 is 5.32 Å². The van der Waals surface area contributed by atoms with E-state index in [0.717, 1.165) is 30.5 Å². The summed E-state index contributed by atoms with van der Waals surface area (Å²) < 4.78 is 24.6. The number of carbonyl (C=O) groups excluding carboxylic acids is 1. The van der Waals surface area contributed by atoms with Gasteiger partial charge in [0.15, 0.2) is 0 Å². The van der Waals surface area contributed by atoms with Crippen LogP contribution in [-0.4, -0.2) is 38.0 Å². The van der Waals surface area contributed by atoms with Crippen LogP contribution in [0, 0.1) is 5.92 Å². The molecule has 5 nitrogen and oxygen atoms in total. The van der Waals surface area contributed by atoms with E-state index in [2.05, 4.69) is 12.2 Å². The summed E-state index contributed by atoms with van der Waals surface area (Å²) in [5.41, 5.74) is 1.94. The summed E-state index contributed by atoms with van der Waals surface area (Å²) in [6.45, 7) is 2.85. The van der Waals surface area contributed by atoms with Gasteiger partial charge in [-0.05, 0) is 37.0 Å². The lowest BCUT2D eigenvalue weighted by molar-refractivity contribution is -0.120. The maximum atomic E-state index is 12.3. The maximum Gasteiger partial charge on any atom is 0.228 e. The summed E-state index contributed by atoms with van der Waals surface area (Å²) in [6.07, 6.45) is 3.55. The fraction of sp³-hybridized carbons (Fsp3) is 0.533. The van der Waals surface area contributed by atoms with Gasteiger partial charge in [-0.2, -0.15) is 0 Å². The molecule has 6 heteroatoms. The molecule has 1 atom stereocenters. The van der Waals surface area contributed by atoms with Gasteiger partial charge in [0.25, 0.3) is 0 Å². The molecule has 2 rings (SSSR count). The molecule has 1 aromatic rings. The highest BCUT2D eigenvalue weighted by atomic mass is 32.2. The smallest absolute Gasteiger partial charge is 0.228 e. The first kappa shape index (κ1) is 16.0. The van der Waals surface area contributed by atoms with Crippen molar-refractivity contribution in [1.82, 2.24) is 4.31 Å². The van der Waals surface area contributed by atoms with Crippen molar-refractivity contribution in [3.05, 3.63) is 29.8 Å².